The van der Waals surface area contributed by atoms with Crippen LogP contribution in [0.5, 0.6) is 0 Å². The molecular weight excluding hydrogens is 292 g/mol. The molecule has 6 nitrogen and oxygen atoms in total. The Morgan fingerprint density at radius 3 is 2.71 bits per heavy atom. The number of benzene rings is 1. The van der Waals surface area contributed by atoms with Crippen LogP contribution in [0.15, 0.2) is 24.3 Å². The molecule has 0 radical (unpaired) electrons. The van der Waals surface area contributed by atoms with Crippen LogP contribution >= 0.6 is 11.6 Å². The second-order valence-electron chi connectivity index (χ2n) is 4.98. The van der Waals surface area contributed by atoms with Crippen LogP contribution in [-0.2, 0) is 6.42 Å². The molecule has 0 aliphatic carbocycles. The molecule has 0 aliphatic heterocycles. The van der Waals surface area contributed by atoms with Crippen LogP contribution in [0.2, 0.25) is 5.15 Å². The monoisotopic (exact) mass is 304 g/mol. The number of hydrogen-bond acceptors (Lipinski definition) is 4. The summed E-state index contributed by atoms with van der Waals surface area (Å²) in [6, 6.07) is 8.18. The van der Waals surface area contributed by atoms with Crippen molar-refractivity contribution >= 4 is 17.3 Å². The van der Waals surface area contributed by atoms with Gasteiger partial charge in [-0.25, -0.2) is 4.68 Å². The normalized spacial score (nSPS) is 10.6. The maximum Gasteiger partial charge on any atom is 0.294 e. The van der Waals surface area contributed by atoms with Gasteiger partial charge in [-0.3, -0.25) is 10.1 Å². The zero-order chi connectivity index (χ0) is 15.6. The smallest absolute Gasteiger partial charge is 0.258 e. The minimum atomic E-state index is -0.499. The first kappa shape index (κ1) is 15.0. The van der Waals surface area contributed by atoms with Crippen molar-refractivity contribution in [3.8, 4) is 11.8 Å². The molecule has 0 aliphatic rings. The summed E-state index contributed by atoms with van der Waals surface area (Å²) in [5, 5.41) is 24.7. The number of para-hydroxylation sites is 2. The van der Waals surface area contributed by atoms with E-state index in [0.717, 1.165) is 0 Å². The van der Waals surface area contributed by atoms with Gasteiger partial charge in [0.1, 0.15) is 17.3 Å². The van der Waals surface area contributed by atoms with Crippen LogP contribution in [0.4, 0.5) is 5.69 Å². The molecule has 0 atom stereocenters. The summed E-state index contributed by atoms with van der Waals surface area (Å²) in [7, 11) is 0. The molecule has 1 heterocycles. The Balaban J connectivity index is 2.64. The largest absolute Gasteiger partial charge is 0.294 e. The molecule has 2 rings (SSSR count). The molecule has 108 valence electrons. The third-order valence-corrected chi connectivity index (χ3v) is 3.27. The van der Waals surface area contributed by atoms with Crippen molar-refractivity contribution in [3.05, 3.63) is 50.8 Å². The van der Waals surface area contributed by atoms with Crippen molar-refractivity contribution in [1.82, 2.24) is 9.78 Å². The molecule has 2 aromatic rings. The predicted octanol–water partition coefficient (Wildman–Crippen LogP) is 3.50. The topological polar surface area (TPSA) is 84.8 Å². The fourth-order valence-corrected chi connectivity index (χ4v) is 2.32. The molecule has 0 spiro atoms. The molecule has 1 aromatic heterocycles. The first-order valence-corrected chi connectivity index (χ1v) is 6.74. The maximum atomic E-state index is 11.1. The number of halogens is 1. The molecule has 21 heavy (non-hydrogen) atoms. The van der Waals surface area contributed by atoms with Crippen LogP contribution in [-0.4, -0.2) is 14.7 Å². The molecule has 0 saturated heterocycles. The minimum absolute atomic E-state index is 0.0995. The van der Waals surface area contributed by atoms with Gasteiger partial charge >= 0.3 is 0 Å². The van der Waals surface area contributed by atoms with Gasteiger partial charge in [-0.2, -0.15) is 10.4 Å². The van der Waals surface area contributed by atoms with Crippen molar-refractivity contribution < 1.29 is 4.92 Å². The molecule has 0 saturated carbocycles. The number of nitriles is 1. The highest BCUT2D eigenvalue weighted by Gasteiger charge is 2.22. The third kappa shape index (κ3) is 2.88. The van der Waals surface area contributed by atoms with Gasteiger partial charge in [0, 0.05) is 6.07 Å². The Morgan fingerprint density at radius 1 is 1.48 bits per heavy atom. The quantitative estimate of drug-likeness (QED) is 0.639. The van der Waals surface area contributed by atoms with Gasteiger partial charge in [0.05, 0.1) is 10.6 Å². The second-order valence-corrected chi connectivity index (χ2v) is 5.34. The molecule has 0 N–H and O–H groups in total. The SMILES string of the molecule is CC(C)Cc1nn(-c2ccccc2[N+](=O)[O-])c(Cl)c1C#N. The number of nitro groups is 1. The Kier molecular flexibility index (Phi) is 4.24. The molecule has 7 heteroatoms. The lowest BCUT2D eigenvalue weighted by Gasteiger charge is -2.04. The van der Waals surface area contributed by atoms with Gasteiger partial charge in [-0.15, -0.1) is 0 Å². The van der Waals surface area contributed by atoms with E-state index in [1.807, 2.05) is 19.9 Å². The van der Waals surface area contributed by atoms with Crippen LogP contribution in [0.25, 0.3) is 5.69 Å². The van der Waals surface area contributed by atoms with E-state index in [-0.39, 0.29) is 22.1 Å². The molecule has 0 amide bonds. The van der Waals surface area contributed by atoms with E-state index in [1.165, 1.54) is 10.7 Å². The van der Waals surface area contributed by atoms with Gasteiger partial charge < -0.3 is 0 Å². The Hall–Kier alpha value is -2.39. The van der Waals surface area contributed by atoms with Gasteiger partial charge in [0.25, 0.3) is 5.69 Å². The van der Waals surface area contributed by atoms with Gasteiger partial charge in [-0.05, 0) is 18.4 Å². The van der Waals surface area contributed by atoms with Crippen LogP contribution < -0.4 is 0 Å². The van der Waals surface area contributed by atoms with Crippen LogP contribution in [0, 0.1) is 27.4 Å². The van der Waals surface area contributed by atoms with E-state index in [2.05, 4.69) is 5.10 Å². The molecule has 0 fully saturated rings. The highest BCUT2D eigenvalue weighted by Crippen LogP contribution is 2.29. The molecule has 0 bridgehead atoms. The standard InChI is InChI=1S/C14H13ClN4O2/c1-9(2)7-11-10(8-16)14(15)18(17-11)12-5-3-4-6-13(12)19(20)21/h3-6,9H,7H2,1-2H3. The summed E-state index contributed by atoms with van der Waals surface area (Å²) in [6.07, 6.45) is 0.580. The lowest BCUT2D eigenvalue weighted by atomic mass is 10.1. The van der Waals surface area contributed by atoms with Gasteiger partial charge in [0.15, 0.2) is 5.15 Å². The van der Waals surface area contributed by atoms with E-state index >= 15 is 0 Å². The molecule has 0 unspecified atom stereocenters. The summed E-state index contributed by atoms with van der Waals surface area (Å²) in [5.74, 6) is 0.294. The Bertz CT molecular complexity index is 731. The van der Waals surface area contributed by atoms with Crippen LogP contribution in [0.1, 0.15) is 25.1 Å². The summed E-state index contributed by atoms with van der Waals surface area (Å²) in [6.45, 7) is 4.00. The fourth-order valence-electron chi connectivity index (χ4n) is 2.04. The average Bonchev–Trinajstić information content (AvgIpc) is 2.74. The number of aromatic nitrogens is 2. The van der Waals surface area contributed by atoms with Crippen molar-refractivity contribution in [1.29, 1.82) is 5.26 Å². The summed E-state index contributed by atoms with van der Waals surface area (Å²) in [5.41, 5.74) is 0.959. The van der Waals surface area contributed by atoms with Gasteiger partial charge in [-0.1, -0.05) is 37.6 Å². The fraction of sp³-hybridized carbons (Fsp3) is 0.286. The summed E-state index contributed by atoms with van der Waals surface area (Å²) >= 11 is 6.18. The van der Waals surface area contributed by atoms with Crippen molar-refractivity contribution in [3.63, 3.8) is 0 Å². The lowest BCUT2D eigenvalue weighted by molar-refractivity contribution is -0.384. The lowest BCUT2D eigenvalue weighted by Crippen LogP contribution is -2.03. The first-order valence-electron chi connectivity index (χ1n) is 6.37. The van der Waals surface area contributed by atoms with E-state index in [4.69, 9.17) is 11.6 Å². The predicted molar refractivity (Wildman–Crippen MR) is 78.5 cm³/mol. The maximum absolute atomic E-state index is 11.1. The summed E-state index contributed by atoms with van der Waals surface area (Å²) in [4.78, 5) is 10.6. The highest BCUT2D eigenvalue weighted by atomic mass is 35.5. The number of nitro benzene ring substituents is 1. The van der Waals surface area contributed by atoms with Crippen molar-refractivity contribution in [2.24, 2.45) is 5.92 Å². The average molecular weight is 305 g/mol. The Labute approximate surface area is 126 Å². The molecular formula is C14H13ClN4O2. The highest BCUT2D eigenvalue weighted by molar-refractivity contribution is 6.31. The first-order chi connectivity index (χ1) is 9.95. The van der Waals surface area contributed by atoms with E-state index in [9.17, 15) is 15.4 Å². The van der Waals surface area contributed by atoms with E-state index in [1.54, 1.807) is 18.2 Å². The summed E-state index contributed by atoms with van der Waals surface area (Å²) < 4.78 is 1.26. The van der Waals surface area contributed by atoms with Crippen molar-refractivity contribution in [2.45, 2.75) is 20.3 Å². The van der Waals surface area contributed by atoms with E-state index in [0.29, 0.717) is 18.0 Å². The molecule has 1 aromatic carbocycles. The van der Waals surface area contributed by atoms with Crippen LogP contribution in [0.3, 0.4) is 0 Å². The zero-order valence-corrected chi connectivity index (χ0v) is 12.3. The van der Waals surface area contributed by atoms with E-state index < -0.39 is 4.92 Å². The number of rotatable bonds is 4. The van der Waals surface area contributed by atoms with Crippen molar-refractivity contribution in [2.75, 3.05) is 0 Å². The Morgan fingerprint density at radius 2 is 2.14 bits per heavy atom. The van der Waals surface area contributed by atoms with Gasteiger partial charge in [0.2, 0.25) is 0 Å². The number of nitrogens with zero attached hydrogens (tertiary/aromatic N) is 4. The second kappa shape index (κ2) is 5.94. The third-order valence-electron chi connectivity index (χ3n) is 2.92. The zero-order valence-electron chi connectivity index (χ0n) is 11.6. The number of hydrogen-bond donors (Lipinski definition) is 0. The minimum Gasteiger partial charge on any atom is -0.258 e.